The van der Waals surface area contributed by atoms with Crippen LogP contribution in [0.25, 0.3) is 11.4 Å². The predicted molar refractivity (Wildman–Crippen MR) is 116 cm³/mol. The number of carbonyl (C=O) groups is 1. The summed E-state index contributed by atoms with van der Waals surface area (Å²) in [5.74, 6) is -0.0771. The van der Waals surface area contributed by atoms with Gasteiger partial charge in [-0.15, -0.1) is 0 Å². The van der Waals surface area contributed by atoms with Gasteiger partial charge in [0.1, 0.15) is 17.5 Å². The Morgan fingerprint density at radius 3 is 2.65 bits per heavy atom. The predicted octanol–water partition coefficient (Wildman–Crippen LogP) is 4.47. The molecule has 0 saturated carbocycles. The topological polar surface area (TPSA) is 61.4 Å². The van der Waals surface area contributed by atoms with E-state index in [0.29, 0.717) is 25.3 Å². The van der Waals surface area contributed by atoms with Crippen LogP contribution in [0, 0.1) is 11.6 Å². The Balaban J connectivity index is 1.62. The molecule has 0 unspecified atom stereocenters. The van der Waals surface area contributed by atoms with Gasteiger partial charge >= 0.3 is 6.03 Å². The second kappa shape index (κ2) is 8.67. The number of carbonyl (C=O) groups excluding carboxylic acids is 1. The Hall–Kier alpha value is -3.55. The van der Waals surface area contributed by atoms with Gasteiger partial charge in [-0.1, -0.05) is 30.3 Å². The number of aromatic nitrogens is 2. The van der Waals surface area contributed by atoms with Crippen LogP contribution in [0.2, 0.25) is 0 Å². The number of hydrogen-bond donors (Lipinski definition) is 1. The summed E-state index contributed by atoms with van der Waals surface area (Å²) < 4.78 is 27.1. The highest BCUT2D eigenvalue weighted by molar-refractivity contribution is 5.89. The third-order valence-electron chi connectivity index (χ3n) is 5.37. The van der Waals surface area contributed by atoms with E-state index in [1.54, 1.807) is 4.90 Å². The summed E-state index contributed by atoms with van der Waals surface area (Å²) in [7, 11) is 1.95. The Morgan fingerprint density at radius 2 is 1.94 bits per heavy atom. The van der Waals surface area contributed by atoms with Crippen LogP contribution in [-0.4, -0.2) is 41.0 Å². The summed E-state index contributed by atoms with van der Waals surface area (Å²) in [6, 6.07) is 12.4. The summed E-state index contributed by atoms with van der Waals surface area (Å²) in [6.07, 6.45) is 0.557. The van der Waals surface area contributed by atoms with Crippen molar-refractivity contribution in [1.29, 1.82) is 0 Å². The quantitative estimate of drug-likeness (QED) is 0.673. The first kappa shape index (κ1) is 20.7. The zero-order valence-electron chi connectivity index (χ0n) is 17.4. The van der Waals surface area contributed by atoms with Crippen molar-refractivity contribution in [3.63, 3.8) is 0 Å². The lowest BCUT2D eigenvalue weighted by molar-refractivity contribution is 0.206. The molecule has 1 aliphatic rings. The van der Waals surface area contributed by atoms with Crippen molar-refractivity contribution in [3.05, 3.63) is 71.4 Å². The number of anilines is 2. The Morgan fingerprint density at radius 1 is 1.16 bits per heavy atom. The summed E-state index contributed by atoms with van der Waals surface area (Å²) in [5.41, 5.74) is 2.66. The van der Waals surface area contributed by atoms with Crippen molar-refractivity contribution in [2.75, 3.05) is 30.4 Å². The van der Waals surface area contributed by atoms with Gasteiger partial charge in [0.2, 0.25) is 0 Å². The number of nitrogens with zero attached hydrogens (tertiary/aromatic N) is 4. The largest absolute Gasteiger partial charge is 0.360 e. The van der Waals surface area contributed by atoms with Gasteiger partial charge in [0.15, 0.2) is 5.82 Å². The van der Waals surface area contributed by atoms with Crippen LogP contribution >= 0.6 is 0 Å². The molecule has 1 aromatic heterocycles. The maximum absolute atomic E-state index is 13.9. The number of halogens is 2. The number of nitrogens with one attached hydrogen (secondary N) is 1. The van der Waals surface area contributed by atoms with E-state index in [0.717, 1.165) is 41.3 Å². The van der Waals surface area contributed by atoms with E-state index in [-0.39, 0.29) is 5.69 Å². The number of amides is 2. The molecule has 1 aliphatic heterocycles. The molecule has 0 aliphatic carbocycles. The second-order valence-electron chi connectivity index (χ2n) is 7.40. The molecule has 0 fully saturated rings. The van der Waals surface area contributed by atoms with Crippen molar-refractivity contribution >= 4 is 17.5 Å². The molecule has 0 spiro atoms. The Labute approximate surface area is 179 Å². The molecule has 1 N–H and O–H groups in total. The van der Waals surface area contributed by atoms with Gasteiger partial charge in [-0.2, -0.15) is 0 Å². The lowest BCUT2D eigenvalue weighted by atomic mass is 10.0. The van der Waals surface area contributed by atoms with Gasteiger partial charge < -0.3 is 15.1 Å². The molecule has 4 rings (SSSR count). The first-order valence-electron chi connectivity index (χ1n) is 10.1. The van der Waals surface area contributed by atoms with E-state index in [4.69, 9.17) is 9.97 Å². The molecule has 8 heteroatoms. The average molecular weight is 423 g/mol. The SMILES string of the molecule is CCN(C)c1nc(-c2ccccc2)nc2c1CN(C(=O)Nc1ccc(F)cc1F)CC2. The van der Waals surface area contributed by atoms with Crippen LogP contribution in [-0.2, 0) is 13.0 Å². The molecule has 0 bridgehead atoms. The van der Waals surface area contributed by atoms with E-state index < -0.39 is 17.7 Å². The smallest absolute Gasteiger partial charge is 0.322 e. The molecule has 6 nitrogen and oxygen atoms in total. The fraction of sp³-hybridized carbons (Fsp3) is 0.261. The molecule has 0 saturated heterocycles. The molecule has 2 aromatic carbocycles. The first-order valence-corrected chi connectivity index (χ1v) is 10.1. The molecule has 31 heavy (non-hydrogen) atoms. The minimum Gasteiger partial charge on any atom is -0.360 e. The maximum Gasteiger partial charge on any atom is 0.322 e. The minimum atomic E-state index is -0.812. The molecular weight excluding hydrogens is 400 g/mol. The molecule has 2 amide bonds. The highest BCUT2D eigenvalue weighted by atomic mass is 19.1. The lowest BCUT2D eigenvalue weighted by Gasteiger charge is -2.31. The monoisotopic (exact) mass is 423 g/mol. The number of urea groups is 1. The van der Waals surface area contributed by atoms with Gasteiger partial charge in [-0.25, -0.2) is 23.5 Å². The van der Waals surface area contributed by atoms with E-state index in [1.807, 2.05) is 49.2 Å². The van der Waals surface area contributed by atoms with Crippen LogP contribution in [0.15, 0.2) is 48.5 Å². The second-order valence-corrected chi connectivity index (χ2v) is 7.40. The Kier molecular flexibility index (Phi) is 5.79. The molecule has 160 valence electrons. The Bertz CT molecular complexity index is 1110. The van der Waals surface area contributed by atoms with Crippen LogP contribution in [0.5, 0.6) is 0 Å². The fourth-order valence-electron chi connectivity index (χ4n) is 3.54. The minimum absolute atomic E-state index is 0.0567. The highest BCUT2D eigenvalue weighted by Crippen LogP contribution is 2.29. The molecule has 0 radical (unpaired) electrons. The molecule has 2 heterocycles. The van der Waals surface area contributed by atoms with Gasteiger partial charge in [0.05, 0.1) is 17.9 Å². The molecule has 0 atom stereocenters. The van der Waals surface area contributed by atoms with Crippen molar-refractivity contribution < 1.29 is 13.6 Å². The number of benzene rings is 2. The average Bonchev–Trinajstić information content (AvgIpc) is 2.79. The van der Waals surface area contributed by atoms with Crippen LogP contribution in [0.4, 0.5) is 25.1 Å². The van der Waals surface area contributed by atoms with Crippen molar-refractivity contribution in [1.82, 2.24) is 14.9 Å². The third kappa shape index (κ3) is 4.33. The van der Waals surface area contributed by atoms with Gasteiger partial charge in [0, 0.05) is 43.8 Å². The number of fused-ring (bicyclic) bond motifs is 1. The fourth-order valence-corrected chi connectivity index (χ4v) is 3.54. The normalized spacial score (nSPS) is 13.0. The maximum atomic E-state index is 13.9. The lowest BCUT2D eigenvalue weighted by Crippen LogP contribution is -2.40. The van der Waals surface area contributed by atoms with Crippen LogP contribution in [0.1, 0.15) is 18.2 Å². The summed E-state index contributed by atoms with van der Waals surface area (Å²) >= 11 is 0. The van der Waals surface area contributed by atoms with E-state index >= 15 is 0 Å². The van der Waals surface area contributed by atoms with Crippen LogP contribution < -0.4 is 10.2 Å². The summed E-state index contributed by atoms with van der Waals surface area (Å²) in [4.78, 5) is 25.9. The highest BCUT2D eigenvalue weighted by Gasteiger charge is 2.27. The van der Waals surface area contributed by atoms with E-state index in [2.05, 4.69) is 5.32 Å². The van der Waals surface area contributed by atoms with E-state index in [9.17, 15) is 13.6 Å². The third-order valence-corrected chi connectivity index (χ3v) is 5.37. The standard InChI is InChI=1S/C23H23F2N5O/c1-3-29(2)22-17-14-30(23(31)27-20-10-9-16(24)13-18(20)25)12-11-19(17)26-21(28-22)15-7-5-4-6-8-15/h4-10,13H,3,11-12,14H2,1-2H3,(H,27,31). The summed E-state index contributed by atoms with van der Waals surface area (Å²) in [6.45, 7) is 3.51. The number of hydrogen-bond acceptors (Lipinski definition) is 4. The van der Waals surface area contributed by atoms with Crippen LogP contribution in [0.3, 0.4) is 0 Å². The molecular formula is C23H23F2N5O. The van der Waals surface area contributed by atoms with Crippen molar-refractivity contribution in [2.24, 2.45) is 0 Å². The first-order chi connectivity index (χ1) is 15.0. The van der Waals surface area contributed by atoms with Gasteiger partial charge in [-0.3, -0.25) is 0 Å². The van der Waals surface area contributed by atoms with Crippen molar-refractivity contribution in [3.8, 4) is 11.4 Å². The summed E-state index contributed by atoms with van der Waals surface area (Å²) in [5, 5.41) is 2.53. The van der Waals surface area contributed by atoms with Gasteiger partial charge in [-0.05, 0) is 19.1 Å². The van der Waals surface area contributed by atoms with Crippen molar-refractivity contribution in [2.45, 2.75) is 19.9 Å². The molecule has 3 aromatic rings. The zero-order valence-corrected chi connectivity index (χ0v) is 17.4. The number of rotatable bonds is 4. The van der Waals surface area contributed by atoms with Gasteiger partial charge in [0.25, 0.3) is 0 Å². The zero-order chi connectivity index (χ0) is 22.0. The van der Waals surface area contributed by atoms with E-state index in [1.165, 1.54) is 6.07 Å².